The Balaban J connectivity index is 1.72. The molecule has 1 N–H and O–H groups in total. The van der Waals surface area contributed by atoms with Crippen LogP contribution in [0.5, 0.6) is 5.75 Å². The first kappa shape index (κ1) is 16.9. The smallest absolute Gasteiger partial charge is 0.231 e. The lowest BCUT2D eigenvalue weighted by Gasteiger charge is -2.02. The number of carbonyl (C=O) groups excluding carboxylic acids is 1. The van der Waals surface area contributed by atoms with E-state index in [4.69, 9.17) is 4.74 Å². The first-order valence-corrected chi connectivity index (χ1v) is 7.94. The molecule has 0 aliphatic rings. The van der Waals surface area contributed by atoms with Crippen LogP contribution in [0, 0.1) is 17.7 Å². The zero-order chi connectivity index (χ0) is 16.5. The first-order chi connectivity index (χ1) is 11.2. The zero-order valence-electron chi connectivity index (χ0n) is 12.6. The minimum absolute atomic E-state index is 0.108. The predicted octanol–water partition coefficient (Wildman–Crippen LogP) is 3.09. The summed E-state index contributed by atoms with van der Waals surface area (Å²) in [4.78, 5) is 12.5. The number of benzene rings is 2. The van der Waals surface area contributed by atoms with E-state index in [0.29, 0.717) is 0 Å². The van der Waals surface area contributed by atoms with Crippen molar-refractivity contribution in [3.8, 4) is 17.6 Å². The highest BCUT2D eigenvalue weighted by atomic mass is 32.2. The van der Waals surface area contributed by atoms with E-state index in [1.807, 2.05) is 24.3 Å². The topological polar surface area (TPSA) is 38.3 Å². The molecule has 0 radical (unpaired) electrons. The molecular weight excluding hydrogens is 313 g/mol. The number of methoxy groups -OCH3 is 1. The van der Waals surface area contributed by atoms with Crippen molar-refractivity contribution in [1.82, 2.24) is 5.32 Å². The summed E-state index contributed by atoms with van der Waals surface area (Å²) in [6.45, 7) is 0.287. The molecule has 0 fully saturated rings. The summed E-state index contributed by atoms with van der Waals surface area (Å²) in [5, 5.41) is 2.72. The molecule has 3 nitrogen and oxygen atoms in total. The summed E-state index contributed by atoms with van der Waals surface area (Å²) in [6, 6.07) is 13.4. The zero-order valence-corrected chi connectivity index (χ0v) is 13.5. The lowest BCUT2D eigenvalue weighted by atomic mass is 10.2. The number of rotatable bonds is 5. The molecule has 0 saturated heterocycles. The Morgan fingerprint density at radius 2 is 1.87 bits per heavy atom. The van der Waals surface area contributed by atoms with Gasteiger partial charge in [-0.2, -0.15) is 0 Å². The minimum Gasteiger partial charge on any atom is -0.497 e. The van der Waals surface area contributed by atoms with Crippen LogP contribution in [0.4, 0.5) is 4.39 Å². The second-order valence-electron chi connectivity index (χ2n) is 4.55. The fourth-order valence-corrected chi connectivity index (χ4v) is 2.42. The molecule has 2 aromatic carbocycles. The van der Waals surface area contributed by atoms with Gasteiger partial charge in [-0.15, -0.1) is 11.8 Å². The summed E-state index contributed by atoms with van der Waals surface area (Å²) in [5.74, 6) is 6.52. The number of carbonyl (C=O) groups is 1. The summed E-state index contributed by atoms with van der Waals surface area (Å²) in [5.41, 5.74) is 0.862. The van der Waals surface area contributed by atoms with Crippen LogP contribution in [0.25, 0.3) is 0 Å². The molecule has 0 spiro atoms. The van der Waals surface area contributed by atoms with E-state index in [0.717, 1.165) is 16.2 Å². The Morgan fingerprint density at radius 3 is 2.52 bits per heavy atom. The third-order valence-electron chi connectivity index (χ3n) is 2.88. The molecule has 5 heteroatoms. The average molecular weight is 329 g/mol. The lowest BCUT2D eigenvalue weighted by molar-refractivity contribution is -0.118. The molecule has 0 heterocycles. The van der Waals surface area contributed by atoms with Crippen molar-refractivity contribution < 1.29 is 13.9 Å². The van der Waals surface area contributed by atoms with Gasteiger partial charge in [0, 0.05) is 10.5 Å². The highest BCUT2D eigenvalue weighted by Crippen LogP contribution is 2.17. The number of halogens is 1. The molecule has 0 aliphatic carbocycles. The van der Waals surface area contributed by atoms with Gasteiger partial charge < -0.3 is 10.1 Å². The molecule has 0 saturated carbocycles. The molecule has 0 bridgehead atoms. The SMILES string of the molecule is COc1ccc(C#CCNC(=O)CSc2ccc(F)cc2)cc1. The summed E-state index contributed by atoms with van der Waals surface area (Å²) in [7, 11) is 1.61. The highest BCUT2D eigenvalue weighted by molar-refractivity contribution is 8.00. The van der Waals surface area contributed by atoms with E-state index in [1.54, 1.807) is 19.2 Å². The minimum atomic E-state index is -0.285. The van der Waals surface area contributed by atoms with Gasteiger partial charge in [-0.1, -0.05) is 11.8 Å². The molecule has 1 amide bonds. The maximum absolute atomic E-state index is 12.8. The van der Waals surface area contributed by atoms with Gasteiger partial charge in [0.05, 0.1) is 19.4 Å². The van der Waals surface area contributed by atoms with Crippen LogP contribution in [-0.2, 0) is 4.79 Å². The molecule has 2 aromatic rings. The third kappa shape index (κ3) is 6.05. The van der Waals surface area contributed by atoms with Gasteiger partial charge in [0.25, 0.3) is 0 Å². The highest BCUT2D eigenvalue weighted by Gasteiger charge is 2.01. The van der Waals surface area contributed by atoms with E-state index in [1.165, 1.54) is 23.9 Å². The number of hydrogen-bond donors (Lipinski definition) is 1. The van der Waals surface area contributed by atoms with E-state index in [2.05, 4.69) is 17.2 Å². The Bertz CT molecular complexity index is 703. The quantitative estimate of drug-likeness (QED) is 0.677. The molecular formula is C18H16FNO2S. The second-order valence-corrected chi connectivity index (χ2v) is 5.60. The molecule has 0 aliphatic heterocycles. The lowest BCUT2D eigenvalue weighted by Crippen LogP contribution is -2.25. The predicted molar refractivity (Wildman–Crippen MR) is 90.0 cm³/mol. The van der Waals surface area contributed by atoms with Crippen molar-refractivity contribution in [1.29, 1.82) is 0 Å². The Kier molecular flexibility index (Phi) is 6.52. The van der Waals surface area contributed by atoms with Gasteiger partial charge in [-0.05, 0) is 48.5 Å². The van der Waals surface area contributed by atoms with Crippen LogP contribution in [-0.4, -0.2) is 25.3 Å². The Morgan fingerprint density at radius 1 is 1.17 bits per heavy atom. The third-order valence-corrected chi connectivity index (χ3v) is 3.89. The van der Waals surface area contributed by atoms with Crippen LogP contribution in [0.3, 0.4) is 0 Å². The largest absolute Gasteiger partial charge is 0.497 e. The van der Waals surface area contributed by atoms with Crippen molar-refractivity contribution >= 4 is 17.7 Å². The van der Waals surface area contributed by atoms with Gasteiger partial charge >= 0.3 is 0 Å². The van der Waals surface area contributed by atoms with Crippen molar-refractivity contribution in [2.45, 2.75) is 4.90 Å². The Labute approximate surface area is 139 Å². The van der Waals surface area contributed by atoms with Crippen LogP contribution in [0.2, 0.25) is 0 Å². The number of hydrogen-bond acceptors (Lipinski definition) is 3. The number of thioether (sulfide) groups is 1. The van der Waals surface area contributed by atoms with Gasteiger partial charge in [0.1, 0.15) is 11.6 Å². The second kappa shape index (κ2) is 8.86. The molecule has 0 unspecified atom stereocenters. The molecule has 23 heavy (non-hydrogen) atoms. The normalized spacial score (nSPS) is 9.65. The van der Waals surface area contributed by atoms with Gasteiger partial charge in [0.2, 0.25) is 5.91 Å². The number of amides is 1. The van der Waals surface area contributed by atoms with Crippen LogP contribution < -0.4 is 10.1 Å². The van der Waals surface area contributed by atoms with E-state index < -0.39 is 0 Å². The van der Waals surface area contributed by atoms with E-state index in [-0.39, 0.29) is 24.0 Å². The molecule has 118 valence electrons. The van der Waals surface area contributed by atoms with E-state index in [9.17, 15) is 9.18 Å². The number of ether oxygens (including phenoxy) is 1. The monoisotopic (exact) mass is 329 g/mol. The van der Waals surface area contributed by atoms with Gasteiger partial charge in [-0.25, -0.2) is 4.39 Å². The van der Waals surface area contributed by atoms with Crippen LogP contribution in [0.1, 0.15) is 5.56 Å². The van der Waals surface area contributed by atoms with Gasteiger partial charge in [-0.3, -0.25) is 4.79 Å². The van der Waals surface area contributed by atoms with Crippen molar-refractivity contribution in [2.24, 2.45) is 0 Å². The van der Waals surface area contributed by atoms with Crippen molar-refractivity contribution in [3.05, 3.63) is 59.9 Å². The maximum atomic E-state index is 12.8. The number of nitrogens with one attached hydrogen (secondary N) is 1. The Hall–Kier alpha value is -2.45. The van der Waals surface area contributed by atoms with Crippen LogP contribution in [0.15, 0.2) is 53.4 Å². The summed E-state index contributed by atoms with van der Waals surface area (Å²) >= 11 is 1.35. The fourth-order valence-electron chi connectivity index (χ4n) is 1.69. The first-order valence-electron chi connectivity index (χ1n) is 6.95. The fraction of sp³-hybridized carbons (Fsp3) is 0.167. The average Bonchev–Trinajstić information content (AvgIpc) is 2.59. The van der Waals surface area contributed by atoms with E-state index >= 15 is 0 Å². The summed E-state index contributed by atoms with van der Waals surface area (Å²) < 4.78 is 17.8. The van der Waals surface area contributed by atoms with Gasteiger partial charge in [0.15, 0.2) is 0 Å². The standard InChI is InChI=1S/C18H16FNO2S/c1-22-16-8-4-14(5-9-16)3-2-12-20-18(21)13-23-17-10-6-15(19)7-11-17/h4-11H,12-13H2,1H3,(H,20,21). The molecule has 0 aromatic heterocycles. The molecule has 0 atom stereocenters. The van der Waals surface area contributed by atoms with Crippen molar-refractivity contribution in [3.63, 3.8) is 0 Å². The summed E-state index contributed by atoms with van der Waals surface area (Å²) in [6.07, 6.45) is 0. The molecule has 2 rings (SSSR count). The maximum Gasteiger partial charge on any atom is 0.231 e. The van der Waals surface area contributed by atoms with Crippen LogP contribution >= 0.6 is 11.8 Å². The van der Waals surface area contributed by atoms with Crippen molar-refractivity contribution in [2.75, 3.05) is 19.4 Å².